The van der Waals surface area contributed by atoms with Crippen LogP contribution in [0.2, 0.25) is 0 Å². The molecule has 0 aliphatic heterocycles. The van der Waals surface area contributed by atoms with Gasteiger partial charge in [-0.25, -0.2) is 4.79 Å². The van der Waals surface area contributed by atoms with Crippen LogP contribution in [0.5, 0.6) is 0 Å². The fourth-order valence-electron chi connectivity index (χ4n) is 2.22. The predicted molar refractivity (Wildman–Crippen MR) is 86.5 cm³/mol. The van der Waals surface area contributed by atoms with Gasteiger partial charge in [0.2, 0.25) is 0 Å². The van der Waals surface area contributed by atoms with E-state index in [2.05, 4.69) is 25.5 Å². The molecule has 2 N–H and O–H groups in total. The molecule has 0 aromatic carbocycles. The molecule has 0 saturated carbocycles. The van der Waals surface area contributed by atoms with Crippen molar-refractivity contribution in [1.82, 2.24) is 30.0 Å². The van der Waals surface area contributed by atoms with E-state index in [0.717, 1.165) is 0 Å². The number of nitrogens with one attached hydrogen (secondary N) is 2. The molecule has 1 amide bonds. The van der Waals surface area contributed by atoms with Crippen LogP contribution in [-0.4, -0.2) is 44.4 Å². The highest BCUT2D eigenvalue weighted by molar-refractivity contribution is 5.92. The van der Waals surface area contributed by atoms with Gasteiger partial charge in [-0.1, -0.05) is 13.8 Å². The fourth-order valence-corrected chi connectivity index (χ4v) is 2.22. The Balaban J connectivity index is 2.04. The molecule has 0 bridgehead atoms. The van der Waals surface area contributed by atoms with E-state index < -0.39 is 11.6 Å². The highest BCUT2D eigenvalue weighted by Crippen LogP contribution is 2.05. The largest absolute Gasteiger partial charge is 0.383 e. The molecular formula is C15H22N6O3. The van der Waals surface area contributed by atoms with Gasteiger partial charge >= 0.3 is 5.69 Å². The van der Waals surface area contributed by atoms with Crippen molar-refractivity contribution in [3.8, 4) is 0 Å². The molecule has 9 nitrogen and oxygen atoms in total. The summed E-state index contributed by atoms with van der Waals surface area (Å²) in [6.45, 7) is 5.37. The van der Waals surface area contributed by atoms with Crippen LogP contribution in [0, 0.1) is 5.92 Å². The van der Waals surface area contributed by atoms with Gasteiger partial charge in [0, 0.05) is 19.3 Å². The van der Waals surface area contributed by atoms with Crippen LogP contribution in [0.4, 0.5) is 0 Å². The van der Waals surface area contributed by atoms with Gasteiger partial charge < -0.3 is 19.6 Å². The van der Waals surface area contributed by atoms with Crippen molar-refractivity contribution >= 4 is 5.91 Å². The highest BCUT2D eigenvalue weighted by Gasteiger charge is 2.12. The van der Waals surface area contributed by atoms with E-state index in [1.165, 1.54) is 0 Å². The molecule has 0 saturated heterocycles. The van der Waals surface area contributed by atoms with Gasteiger partial charge in [0.1, 0.15) is 12.0 Å². The van der Waals surface area contributed by atoms with E-state index in [4.69, 9.17) is 4.74 Å². The Bertz CT molecular complexity index is 737. The molecule has 2 aromatic rings. The number of hydrogen-bond acceptors (Lipinski definition) is 6. The van der Waals surface area contributed by atoms with Gasteiger partial charge in [0.05, 0.1) is 13.2 Å². The Morgan fingerprint density at radius 2 is 2.25 bits per heavy atom. The molecule has 0 atom stereocenters. The van der Waals surface area contributed by atoms with Crippen LogP contribution in [0.3, 0.4) is 0 Å². The molecule has 0 radical (unpaired) electrons. The lowest BCUT2D eigenvalue weighted by atomic mass is 10.1. The number of H-pyrrole nitrogens is 1. The van der Waals surface area contributed by atoms with Crippen LogP contribution >= 0.6 is 0 Å². The third kappa shape index (κ3) is 4.98. The lowest BCUT2D eigenvalue weighted by Crippen LogP contribution is -2.29. The summed E-state index contributed by atoms with van der Waals surface area (Å²) < 4.78 is 6.80. The lowest BCUT2D eigenvalue weighted by Gasteiger charge is -2.08. The molecular weight excluding hydrogens is 312 g/mol. The topological polar surface area (TPSA) is 115 Å². The molecule has 24 heavy (non-hydrogen) atoms. The molecule has 0 unspecified atom stereocenters. The molecule has 0 aliphatic carbocycles. The van der Waals surface area contributed by atoms with Crippen LogP contribution < -0.4 is 11.0 Å². The quantitative estimate of drug-likeness (QED) is 0.709. The van der Waals surface area contributed by atoms with Gasteiger partial charge in [0.25, 0.3) is 5.91 Å². The average Bonchev–Trinajstić information content (AvgIpc) is 2.96. The first kappa shape index (κ1) is 17.8. The maximum Gasteiger partial charge on any atom is 0.345 e. The summed E-state index contributed by atoms with van der Waals surface area (Å²) in [7, 11) is 1.61. The average molecular weight is 334 g/mol. The summed E-state index contributed by atoms with van der Waals surface area (Å²) in [5.41, 5.74) is 0.261. The molecule has 2 aromatic heterocycles. The van der Waals surface area contributed by atoms with Crippen molar-refractivity contribution in [2.45, 2.75) is 33.4 Å². The maximum atomic E-state index is 12.2. The first-order valence-electron chi connectivity index (χ1n) is 7.73. The second-order valence-electron chi connectivity index (χ2n) is 5.81. The minimum atomic E-state index is -0.526. The number of nitrogens with zero attached hydrogens (tertiary/aromatic N) is 4. The standard InChI is InChI=1S/C15H22N6O3/c1-10(2)6-11-7-12(19-15(23)18-11)14(22)16-8-13-20-17-9-21(13)4-5-24-3/h7,9-10H,4-6,8H2,1-3H3,(H,16,22)(H,18,19,23). The van der Waals surface area contributed by atoms with Crippen molar-refractivity contribution in [2.24, 2.45) is 5.92 Å². The van der Waals surface area contributed by atoms with Crippen LogP contribution in [0.25, 0.3) is 0 Å². The van der Waals surface area contributed by atoms with Crippen molar-refractivity contribution in [1.29, 1.82) is 0 Å². The molecule has 0 aliphatic rings. The van der Waals surface area contributed by atoms with E-state index in [1.807, 2.05) is 13.8 Å². The number of aromatic amines is 1. The second kappa shape index (κ2) is 8.34. The number of rotatable bonds is 8. The summed E-state index contributed by atoms with van der Waals surface area (Å²) in [4.78, 5) is 30.2. The molecule has 9 heteroatoms. The van der Waals surface area contributed by atoms with Crippen molar-refractivity contribution in [2.75, 3.05) is 13.7 Å². The number of ether oxygens (including phenoxy) is 1. The minimum absolute atomic E-state index is 0.0948. The zero-order valence-electron chi connectivity index (χ0n) is 14.1. The molecule has 130 valence electrons. The Kier molecular flexibility index (Phi) is 6.19. The van der Waals surface area contributed by atoms with Crippen LogP contribution in [0.15, 0.2) is 17.2 Å². The predicted octanol–water partition coefficient (Wildman–Crippen LogP) is 0.136. The highest BCUT2D eigenvalue weighted by atomic mass is 16.5. The smallest absolute Gasteiger partial charge is 0.345 e. The molecule has 2 rings (SSSR count). The van der Waals surface area contributed by atoms with E-state index in [0.29, 0.717) is 37.0 Å². The number of methoxy groups -OCH3 is 1. The Morgan fingerprint density at radius 1 is 1.46 bits per heavy atom. The molecule has 2 heterocycles. The van der Waals surface area contributed by atoms with Gasteiger partial charge in [-0.2, -0.15) is 4.98 Å². The van der Waals surface area contributed by atoms with Crippen LogP contribution in [0.1, 0.15) is 35.9 Å². The third-order valence-corrected chi connectivity index (χ3v) is 3.30. The second-order valence-corrected chi connectivity index (χ2v) is 5.81. The first-order valence-corrected chi connectivity index (χ1v) is 7.73. The minimum Gasteiger partial charge on any atom is -0.383 e. The van der Waals surface area contributed by atoms with E-state index in [9.17, 15) is 9.59 Å². The van der Waals surface area contributed by atoms with E-state index in [-0.39, 0.29) is 12.2 Å². The summed E-state index contributed by atoms with van der Waals surface area (Å²) in [6.07, 6.45) is 2.25. The van der Waals surface area contributed by atoms with Crippen molar-refractivity contribution in [3.05, 3.63) is 40.1 Å². The number of carbonyl (C=O) groups excluding carboxylic acids is 1. The van der Waals surface area contributed by atoms with Crippen molar-refractivity contribution < 1.29 is 9.53 Å². The summed E-state index contributed by atoms with van der Waals surface area (Å²) in [5.74, 6) is 0.540. The first-order chi connectivity index (χ1) is 11.5. The van der Waals surface area contributed by atoms with E-state index in [1.54, 1.807) is 24.1 Å². The van der Waals surface area contributed by atoms with Gasteiger partial charge in [0.15, 0.2) is 5.82 Å². The number of hydrogen-bond donors (Lipinski definition) is 2. The SMILES string of the molecule is COCCn1cnnc1CNC(=O)c1cc(CC(C)C)[nH]c(=O)n1. The Morgan fingerprint density at radius 3 is 2.96 bits per heavy atom. The summed E-state index contributed by atoms with van der Waals surface area (Å²) in [6, 6.07) is 1.60. The Hall–Kier alpha value is -2.55. The molecule has 0 fully saturated rings. The van der Waals surface area contributed by atoms with Crippen molar-refractivity contribution in [3.63, 3.8) is 0 Å². The lowest BCUT2D eigenvalue weighted by molar-refractivity contribution is 0.0943. The summed E-state index contributed by atoms with van der Waals surface area (Å²) in [5, 5.41) is 10.5. The van der Waals surface area contributed by atoms with E-state index >= 15 is 0 Å². The Labute approximate surface area is 139 Å². The fraction of sp³-hybridized carbons (Fsp3) is 0.533. The third-order valence-electron chi connectivity index (χ3n) is 3.30. The number of aromatic nitrogens is 5. The van der Waals surface area contributed by atoms with Gasteiger partial charge in [-0.15, -0.1) is 10.2 Å². The zero-order valence-corrected chi connectivity index (χ0v) is 14.1. The normalized spacial score (nSPS) is 11.0. The monoisotopic (exact) mass is 334 g/mol. The number of amides is 1. The maximum absolute atomic E-state index is 12.2. The number of carbonyl (C=O) groups is 1. The summed E-state index contributed by atoms with van der Waals surface area (Å²) >= 11 is 0. The zero-order chi connectivity index (χ0) is 17.5. The van der Waals surface area contributed by atoms with Gasteiger partial charge in [-0.05, 0) is 18.4 Å². The van der Waals surface area contributed by atoms with Crippen LogP contribution in [-0.2, 0) is 24.2 Å². The van der Waals surface area contributed by atoms with Gasteiger partial charge in [-0.3, -0.25) is 4.79 Å². The molecule has 0 spiro atoms.